The molecule has 0 spiro atoms. The summed E-state index contributed by atoms with van der Waals surface area (Å²) >= 11 is 0. The molecule has 2 aromatic rings. The molecule has 2 heteroatoms. The molecule has 0 bridgehead atoms. The van der Waals surface area contributed by atoms with E-state index >= 15 is 0 Å². The number of nitrogens with zero attached hydrogens (tertiary/aromatic N) is 1. The molecule has 2 N–H and O–H groups in total. The van der Waals surface area contributed by atoms with Crippen LogP contribution in [-0.4, -0.2) is 17.5 Å². The van der Waals surface area contributed by atoms with Crippen molar-refractivity contribution in [1.82, 2.24) is 4.90 Å². The standard InChI is InChI=1S/C16H18N2/c17-11-15-16(14-9-5-2-6-10-14)18(15)12-13-7-3-1-4-8-13/h1-10,15-16H,11-12,17H2/t15-,16+,18?/m1/s1. The van der Waals surface area contributed by atoms with E-state index in [4.69, 9.17) is 5.73 Å². The summed E-state index contributed by atoms with van der Waals surface area (Å²) in [7, 11) is 0. The highest BCUT2D eigenvalue weighted by Gasteiger charge is 2.46. The second kappa shape index (κ2) is 4.92. The molecule has 1 heterocycles. The molecule has 0 amide bonds. The molecule has 0 aromatic heterocycles. The lowest BCUT2D eigenvalue weighted by molar-refractivity contribution is 0.477. The first-order valence-corrected chi connectivity index (χ1v) is 6.45. The molecule has 1 fully saturated rings. The second-order valence-corrected chi connectivity index (χ2v) is 4.82. The van der Waals surface area contributed by atoms with Crippen molar-refractivity contribution in [3.05, 3.63) is 71.8 Å². The summed E-state index contributed by atoms with van der Waals surface area (Å²) in [5.74, 6) is 0. The van der Waals surface area contributed by atoms with E-state index in [1.807, 2.05) is 0 Å². The first-order chi connectivity index (χ1) is 8.90. The highest BCUT2D eigenvalue weighted by atomic mass is 15.4. The van der Waals surface area contributed by atoms with Gasteiger partial charge in [-0.15, -0.1) is 0 Å². The van der Waals surface area contributed by atoms with Gasteiger partial charge in [0.15, 0.2) is 0 Å². The minimum atomic E-state index is 0.493. The quantitative estimate of drug-likeness (QED) is 0.829. The van der Waals surface area contributed by atoms with Crippen LogP contribution in [0.1, 0.15) is 17.2 Å². The van der Waals surface area contributed by atoms with Crippen molar-refractivity contribution in [3.63, 3.8) is 0 Å². The Morgan fingerprint density at radius 2 is 1.50 bits per heavy atom. The summed E-state index contributed by atoms with van der Waals surface area (Å²) in [5, 5.41) is 0. The van der Waals surface area contributed by atoms with Gasteiger partial charge in [-0.3, -0.25) is 4.90 Å². The maximum atomic E-state index is 5.86. The van der Waals surface area contributed by atoms with Crippen LogP contribution in [0.4, 0.5) is 0 Å². The molecule has 92 valence electrons. The molecular formula is C16H18N2. The van der Waals surface area contributed by atoms with Gasteiger partial charge in [0, 0.05) is 19.1 Å². The summed E-state index contributed by atoms with van der Waals surface area (Å²) in [6.07, 6.45) is 0. The van der Waals surface area contributed by atoms with Gasteiger partial charge < -0.3 is 5.73 Å². The largest absolute Gasteiger partial charge is 0.329 e. The Balaban J connectivity index is 1.74. The van der Waals surface area contributed by atoms with Gasteiger partial charge in [-0.1, -0.05) is 60.7 Å². The monoisotopic (exact) mass is 238 g/mol. The van der Waals surface area contributed by atoms with Crippen molar-refractivity contribution < 1.29 is 0 Å². The summed E-state index contributed by atoms with van der Waals surface area (Å²) in [6.45, 7) is 1.72. The van der Waals surface area contributed by atoms with Crippen LogP contribution >= 0.6 is 0 Å². The Morgan fingerprint density at radius 3 is 2.11 bits per heavy atom. The summed E-state index contributed by atoms with van der Waals surface area (Å²) in [6, 6.07) is 22.2. The molecule has 3 rings (SSSR count). The third-order valence-corrected chi connectivity index (χ3v) is 3.65. The minimum absolute atomic E-state index is 0.493. The van der Waals surface area contributed by atoms with Crippen LogP contribution in [0.5, 0.6) is 0 Å². The van der Waals surface area contributed by atoms with E-state index in [9.17, 15) is 0 Å². The predicted molar refractivity (Wildman–Crippen MR) is 74.0 cm³/mol. The molecule has 2 aromatic carbocycles. The Morgan fingerprint density at radius 1 is 0.889 bits per heavy atom. The number of benzene rings is 2. The van der Waals surface area contributed by atoms with Crippen molar-refractivity contribution in [3.8, 4) is 0 Å². The molecule has 1 unspecified atom stereocenters. The molecule has 2 nitrogen and oxygen atoms in total. The molecule has 3 atom stereocenters. The summed E-state index contributed by atoms with van der Waals surface area (Å²) in [5.41, 5.74) is 8.60. The van der Waals surface area contributed by atoms with Gasteiger partial charge in [-0.05, 0) is 11.1 Å². The number of nitrogens with two attached hydrogens (primary N) is 1. The van der Waals surface area contributed by atoms with Crippen molar-refractivity contribution in [2.24, 2.45) is 5.73 Å². The first kappa shape index (κ1) is 11.5. The van der Waals surface area contributed by atoms with Crippen molar-refractivity contribution in [2.45, 2.75) is 18.6 Å². The Labute approximate surface area is 108 Å². The second-order valence-electron chi connectivity index (χ2n) is 4.82. The number of hydrogen-bond acceptors (Lipinski definition) is 2. The fourth-order valence-electron chi connectivity index (χ4n) is 2.67. The maximum Gasteiger partial charge on any atom is 0.0523 e. The van der Waals surface area contributed by atoms with Gasteiger partial charge in [0.1, 0.15) is 0 Å². The highest BCUT2D eigenvalue weighted by molar-refractivity contribution is 5.28. The van der Waals surface area contributed by atoms with Crippen molar-refractivity contribution in [2.75, 3.05) is 6.54 Å². The van der Waals surface area contributed by atoms with E-state index in [0.29, 0.717) is 12.1 Å². The number of rotatable bonds is 4. The molecule has 1 aliphatic rings. The maximum absolute atomic E-state index is 5.86. The normalized spacial score (nSPS) is 25.9. The molecule has 1 aliphatic heterocycles. The Kier molecular flexibility index (Phi) is 3.13. The molecule has 1 saturated heterocycles. The third kappa shape index (κ3) is 2.17. The predicted octanol–water partition coefficient (Wildman–Crippen LogP) is 2.57. The van der Waals surface area contributed by atoms with E-state index in [2.05, 4.69) is 65.6 Å². The van der Waals surface area contributed by atoms with E-state index in [-0.39, 0.29) is 0 Å². The zero-order chi connectivity index (χ0) is 12.4. The highest BCUT2D eigenvalue weighted by Crippen LogP contribution is 2.43. The Bertz CT molecular complexity index is 495. The van der Waals surface area contributed by atoms with Crippen LogP contribution in [0, 0.1) is 0 Å². The van der Waals surface area contributed by atoms with E-state index in [0.717, 1.165) is 13.1 Å². The van der Waals surface area contributed by atoms with E-state index in [1.165, 1.54) is 11.1 Å². The van der Waals surface area contributed by atoms with Crippen LogP contribution in [0.2, 0.25) is 0 Å². The van der Waals surface area contributed by atoms with Gasteiger partial charge in [0.25, 0.3) is 0 Å². The molecular weight excluding hydrogens is 220 g/mol. The summed E-state index contributed by atoms with van der Waals surface area (Å²) in [4.78, 5) is 2.46. The van der Waals surface area contributed by atoms with Crippen LogP contribution in [0.3, 0.4) is 0 Å². The third-order valence-electron chi connectivity index (χ3n) is 3.65. The van der Waals surface area contributed by atoms with Gasteiger partial charge in [-0.25, -0.2) is 0 Å². The summed E-state index contributed by atoms with van der Waals surface area (Å²) < 4.78 is 0. The zero-order valence-corrected chi connectivity index (χ0v) is 10.4. The SMILES string of the molecule is NC[C@@H]1[C@H](c2ccccc2)N1Cc1ccccc1. The lowest BCUT2D eigenvalue weighted by Crippen LogP contribution is -2.12. The number of hydrogen-bond donors (Lipinski definition) is 1. The lowest BCUT2D eigenvalue weighted by atomic mass is 10.1. The fraction of sp³-hybridized carbons (Fsp3) is 0.250. The zero-order valence-electron chi connectivity index (χ0n) is 10.4. The van der Waals surface area contributed by atoms with Gasteiger partial charge in [0.05, 0.1) is 6.04 Å². The van der Waals surface area contributed by atoms with Crippen molar-refractivity contribution in [1.29, 1.82) is 0 Å². The van der Waals surface area contributed by atoms with E-state index < -0.39 is 0 Å². The Hall–Kier alpha value is -1.64. The van der Waals surface area contributed by atoms with Crippen molar-refractivity contribution >= 4 is 0 Å². The average molecular weight is 238 g/mol. The first-order valence-electron chi connectivity index (χ1n) is 6.45. The topological polar surface area (TPSA) is 29.0 Å². The average Bonchev–Trinajstić information content (AvgIpc) is 3.14. The lowest BCUT2D eigenvalue weighted by Gasteiger charge is -2.04. The molecule has 0 radical (unpaired) electrons. The van der Waals surface area contributed by atoms with Crippen LogP contribution in [-0.2, 0) is 6.54 Å². The van der Waals surface area contributed by atoms with Crippen LogP contribution in [0.15, 0.2) is 60.7 Å². The van der Waals surface area contributed by atoms with E-state index in [1.54, 1.807) is 0 Å². The molecule has 0 aliphatic carbocycles. The molecule has 18 heavy (non-hydrogen) atoms. The van der Waals surface area contributed by atoms with Gasteiger partial charge in [-0.2, -0.15) is 0 Å². The minimum Gasteiger partial charge on any atom is -0.329 e. The van der Waals surface area contributed by atoms with Crippen LogP contribution in [0.25, 0.3) is 0 Å². The smallest absolute Gasteiger partial charge is 0.0523 e. The van der Waals surface area contributed by atoms with Crippen LogP contribution < -0.4 is 5.73 Å². The molecule has 0 saturated carbocycles. The van der Waals surface area contributed by atoms with Gasteiger partial charge >= 0.3 is 0 Å². The fourth-order valence-corrected chi connectivity index (χ4v) is 2.67. The van der Waals surface area contributed by atoms with Gasteiger partial charge in [0.2, 0.25) is 0 Å².